The Morgan fingerprint density at radius 2 is 1.26 bits per heavy atom. The van der Waals surface area contributed by atoms with E-state index in [1.165, 1.54) is 12.1 Å². The van der Waals surface area contributed by atoms with Crippen LogP contribution in [0.1, 0.15) is 26.2 Å². The van der Waals surface area contributed by atoms with Crippen LogP contribution < -0.4 is 10.6 Å². The largest absolute Gasteiger partial charge is 0.325 e. The second kappa shape index (κ2) is 10.2. The van der Waals surface area contributed by atoms with Crippen LogP contribution in [0.25, 0.3) is 0 Å². The first-order valence-corrected chi connectivity index (χ1v) is 9.84. The number of nitrogens with one attached hydrogen (secondary N) is 2. The van der Waals surface area contributed by atoms with Gasteiger partial charge in [0.1, 0.15) is 5.92 Å². The predicted octanol–water partition coefficient (Wildman–Crippen LogP) is 6.68. The van der Waals surface area contributed by atoms with Gasteiger partial charge in [-0.1, -0.05) is 66.2 Å². The third-order valence-corrected chi connectivity index (χ3v) is 5.33. The summed E-state index contributed by atoms with van der Waals surface area (Å²) in [6.45, 7) is 1.99. The van der Waals surface area contributed by atoms with Crippen molar-refractivity contribution in [1.29, 1.82) is 0 Å². The van der Waals surface area contributed by atoms with Crippen LogP contribution in [0.5, 0.6) is 0 Å². The molecule has 27 heavy (non-hydrogen) atoms. The molecular weight excluding hydrogens is 430 g/mol. The zero-order valence-electron chi connectivity index (χ0n) is 14.5. The van der Waals surface area contributed by atoms with Crippen molar-refractivity contribution in [1.82, 2.24) is 0 Å². The lowest BCUT2D eigenvalue weighted by Crippen LogP contribution is -2.34. The molecule has 8 heteroatoms. The molecule has 2 amide bonds. The van der Waals surface area contributed by atoms with E-state index < -0.39 is 17.7 Å². The molecule has 0 unspecified atom stereocenters. The molecule has 2 aromatic rings. The highest BCUT2D eigenvalue weighted by atomic mass is 35.5. The Bertz CT molecular complexity index is 777. The van der Waals surface area contributed by atoms with E-state index in [2.05, 4.69) is 10.6 Å². The van der Waals surface area contributed by atoms with Crippen LogP contribution in [0.2, 0.25) is 20.1 Å². The molecule has 2 aromatic carbocycles. The summed E-state index contributed by atoms with van der Waals surface area (Å²) in [4.78, 5) is 25.3. The van der Waals surface area contributed by atoms with E-state index in [1.54, 1.807) is 24.3 Å². The molecule has 0 aromatic heterocycles. The fourth-order valence-electron chi connectivity index (χ4n) is 2.40. The molecule has 0 radical (unpaired) electrons. The zero-order valence-corrected chi connectivity index (χ0v) is 17.5. The fraction of sp³-hybridized carbons (Fsp3) is 0.263. The standard InChI is InChI=1S/C19H18Cl4N2O2/c1-2-3-4-13(18(26)24-11-5-7-14(20)16(22)9-11)19(27)25-12-6-8-15(21)17(23)10-12/h5-10,13H,2-4H2,1H3,(H,24,26)(H,25,27). The van der Waals surface area contributed by atoms with Crippen LogP contribution in [-0.4, -0.2) is 11.8 Å². The number of halogens is 4. The Balaban J connectivity index is 2.14. The summed E-state index contributed by atoms with van der Waals surface area (Å²) in [6.07, 6.45) is 2.00. The minimum absolute atomic E-state index is 0.319. The number of rotatable bonds is 7. The summed E-state index contributed by atoms with van der Waals surface area (Å²) in [7, 11) is 0. The first-order valence-electron chi connectivity index (χ1n) is 8.33. The monoisotopic (exact) mass is 446 g/mol. The number of carbonyl (C=O) groups excluding carboxylic acids is 2. The van der Waals surface area contributed by atoms with E-state index in [0.29, 0.717) is 37.9 Å². The lowest BCUT2D eigenvalue weighted by Gasteiger charge is -2.17. The van der Waals surface area contributed by atoms with E-state index in [-0.39, 0.29) is 0 Å². The Morgan fingerprint density at radius 1 is 0.815 bits per heavy atom. The third kappa shape index (κ3) is 6.28. The van der Waals surface area contributed by atoms with Crippen molar-refractivity contribution in [2.75, 3.05) is 10.6 Å². The topological polar surface area (TPSA) is 58.2 Å². The zero-order chi connectivity index (χ0) is 20.0. The SMILES string of the molecule is CCCCC(C(=O)Nc1ccc(Cl)c(Cl)c1)C(=O)Nc1ccc(Cl)c(Cl)c1. The number of unbranched alkanes of at least 4 members (excludes halogenated alkanes) is 1. The first-order chi connectivity index (χ1) is 12.8. The molecule has 4 nitrogen and oxygen atoms in total. The maximum absolute atomic E-state index is 12.7. The van der Waals surface area contributed by atoms with Crippen LogP contribution in [0.4, 0.5) is 11.4 Å². The molecule has 2 N–H and O–H groups in total. The molecule has 0 heterocycles. The molecule has 144 valence electrons. The van der Waals surface area contributed by atoms with Crippen molar-refractivity contribution in [3.8, 4) is 0 Å². The molecule has 0 fully saturated rings. The van der Waals surface area contributed by atoms with Gasteiger partial charge in [-0.25, -0.2) is 0 Å². The normalized spacial score (nSPS) is 10.7. The van der Waals surface area contributed by atoms with Crippen molar-refractivity contribution < 1.29 is 9.59 Å². The third-order valence-electron chi connectivity index (χ3n) is 3.85. The van der Waals surface area contributed by atoms with Gasteiger partial charge < -0.3 is 10.6 Å². The highest BCUT2D eigenvalue weighted by Gasteiger charge is 2.26. The fourth-order valence-corrected chi connectivity index (χ4v) is 2.99. The van der Waals surface area contributed by atoms with Gasteiger partial charge in [0.2, 0.25) is 11.8 Å². The Hall–Kier alpha value is -1.46. The minimum Gasteiger partial charge on any atom is -0.325 e. The van der Waals surface area contributed by atoms with Crippen LogP contribution in [0, 0.1) is 5.92 Å². The number of hydrogen-bond donors (Lipinski definition) is 2. The summed E-state index contributed by atoms with van der Waals surface area (Å²) < 4.78 is 0. The molecule has 0 aliphatic rings. The molecule has 0 saturated carbocycles. The molecule has 0 saturated heterocycles. The van der Waals surface area contributed by atoms with E-state index >= 15 is 0 Å². The maximum Gasteiger partial charge on any atom is 0.236 e. The molecule has 0 atom stereocenters. The summed E-state index contributed by atoms with van der Waals surface area (Å²) in [5, 5.41) is 6.84. The van der Waals surface area contributed by atoms with Gasteiger partial charge in [-0.3, -0.25) is 9.59 Å². The lowest BCUT2D eigenvalue weighted by molar-refractivity contribution is -0.129. The average molecular weight is 448 g/mol. The van der Waals surface area contributed by atoms with Gasteiger partial charge in [0.15, 0.2) is 0 Å². The van der Waals surface area contributed by atoms with Crippen molar-refractivity contribution >= 4 is 69.6 Å². The van der Waals surface area contributed by atoms with Crippen molar-refractivity contribution in [2.45, 2.75) is 26.2 Å². The molecular formula is C19H18Cl4N2O2. The molecule has 0 aliphatic carbocycles. The number of hydrogen-bond acceptors (Lipinski definition) is 2. The Morgan fingerprint density at radius 3 is 1.63 bits per heavy atom. The molecule has 0 spiro atoms. The number of amides is 2. The minimum atomic E-state index is -0.867. The molecule has 2 rings (SSSR count). The van der Waals surface area contributed by atoms with E-state index in [0.717, 1.165) is 12.8 Å². The highest BCUT2D eigenvalue weighted by Crippen LogP contribution is 2.27. The first kappa shape index (κ1) is 21.8. The van der Waals surface area contributed by atoms with Gasteiger partial charge in [-0.15, -0.1) is 0 Å². The van der Waals surface area contributed by atoms with Gasteiger partial charge in [-0.05, 0) is 42.8 Å². The van der Waals surface area contributed by atoms with Crippen molar-refractivity contribution in [3.05, 3.63) is 56.5 Å². The second-order valence-corrected chi connectivity index (χ2v) is 7.56. The average Bonchev–Trinajstić information content (AvgIpc) is 2.61. The van der Waals surface area contributed by atoms with Gasteiger partial charge >= 0.3 is 0 Å². The van der Waals surface area contributed by atoms with Gasteiger partial charge in [0, 0.05) is 11.4 Å². The number of carbonyl (C=O) groups is 2. The van der Waals surface area contributed by atoms with E-state index in [1.807, 2.05) is 6.92 Å². The Kier molecular flexibility index (Phi) is 8.24. The Labute approximate surface area is 178 Å². The van der Waals surface area contributed by atoms with Crippen LogP contribution in [0.15, 0.2) is 36.4 Å². The number of benzene rings is 2. The van der Waals surface area contributed by atoms with Crippen molar-refractivity contribution in [3.63, 3.8) is 0 Å². The predicted molar refractivity (Wildman–Crippen MR) is 113 cm³/mol. The molecule has 0 bridgehead atoms. The lowest BCUT2D eigenvalue weighted by atomic mass is 9.99. The van der Waals surface area contributed by atoms with Gasteiger partial charge in [0.25, 0.3) is 0 Å². The number of anilines is 2. The summed E-state index contributed by atoms with van der Waals surface area (Å²) in [6, 6.07) is 9.48. The van der Waals surface area contributed by atoms with Crippen molar-refractivity contribution in [2.24, 2.45) is 5.92 Å². The summed E-state index contributed by atoms with van der Waals surface area (Å²) in [5.74, 6) is -1.70. The van der Waals surface area contributed by atoms with E-state index in [4.69, 9.17) is 46.4 Å². The van der Waals surface area contributed by atoms with E-state index in [9.17, 15) is 9.59 Å². The van der Waals surface area contributed by atoms with Gasteiger partial charge in [0.05, 0.1) is 20.1 Å². The smallest absolute Gasteiger partial charge is 0.236 e. The quantitative estimate of drug-likeness (QED) is 0.464. The van der Waals surface area contributed by atoms with Crippen LogP contribution in [-0.2, 0) is 9.59 Å². The van der Waals surface area contributed by atoms with Crippen LogP contribution in [0.3, 0.4) is 0 Å². The van der Waals surface area contributed by atoms with Gasteiger partial charge in [-0.2, -0.15) is 0 Å². The molecule has 0 aliphatic heterocycles. The van der Waals surface area contributed by atoms with Crippen LogP contribution >= 0.6 is 46.4 Å². The second-order valence-electron chi connectivity index (χ2n) is 5.93. The summed E-state index contributed by atoms with van der Waals surface area (Å²) >= 11 is 23.7. The maximum atomic E-state index is 12.7. The highest BCUT2D eigenvalue weighted by molar-refractivity contribution is 6.42. The summed E-state index contributed by atoms with van der Waals surface area (Å²) in [5.41, 5.74) is 0.941.